The van der Waals surface area contributed by atoms with Crippen molar-refractivity contribution >= 4 is 18.1 Å². The van der Waals surface area contributed by atoms with Crippen LogP contribution in [0.15, 0.2) is 78.9 Å². The van der Waals surface area contributed by atoms with Crippen molar-refractivity contribution in [3.05, 3.63) is 95.6 Å². The second-order valence-electron chi connectivity index (χ2n) is 10.5. The summed E-state index contributed by atoms with van der Waals surface area (Å²) in [5.74, 6) is -0.00953. The summed E-state index contributed by atoms with van der Waals surface area (Å²) < 4.78 is 16.6. The van der Waals surface area contributed by atoms with Gasteiger partial charge in [0.05, 0.1) is 24.5 Å². The molecule has 4 rings (SSSR count). The van der Waals surface area contributed by atoms with Crippen LogP contribution in [0.2, 0.25) is 0 Å². The van der Waals surface area contributed by atoms with Gasteiger partial charge in [0.2, 0.25) is 6.79 Å². The minimum atomic E-state index is -1.06. The number of fused-ring (bicyclic) bond motifs is 1. The van der Waals surface area contributed by atoms with Crippen molar-refractivity contribution in [3.8, 4) is 11.5 Å². The number of rotatable bonds is 14. The lowest BCUT2D eigenvalue weighted by molar-refractivity contribution is -0.137. The summed E-state index contributed by atoms with van der Waals surface area (Å²) in [6.45, 7) is 4.40. The number of aliphatic carboxylic acids is 1. The van der Waals surface area contributed by atoms with Crippen LogP contribution in [0.25, 0.3) is 0 Å². The van der Waals surface area contributed by atoms with Gasteiger partial charge in [-0.3, -0.25) is 9.69 Å². The summed E-state index contributed by atoms with van der Waals surface area (Å²) >= 11 is 0. The monoisotopic (exact) mass is 589 g/mol. The van der Waals surface area contributed by atoms with E-state index < -0.39 is 30.2 Å². The number of nitrogens with one attached hydrogen (secondary N) is 2. The van der Waals surface area contributed by atoms with Crippen LogP contribution in [-0.4, -0.2) is 47.5 Å². The molecule has 10 heteroatoms. The largest absolute Gasteiger partial charge is 0.481 e. The van der Waals surface area contributed by atoms with Crippen molar-refractivity contribution in [2.45, 2.75) is 64.2 Å². The molecule has 3 aromatic carbocycles. The first-order valence-corrected chi connectivity index (χ1v) is 14.5. The van der Waals surface area contributed by atoms with Gasteiger partial charge in [-0.15, -0.1) is 0 Å². The molecule has 3 N–H and O–H groups in total. The van der Waals surface area contributed by atoms with Gasteiger partial charge in [-0.05, 0) is 42.2 Å². The van der Waals surface area contributed by atoms with E-state index in [1.165, 1.54) is 0 Å². The number of carbonyl (C=O) groups is 3. The molecule has 1 aliphatic rings. The van der Waals surface area contributed by atoms with E-state index in [0.29, 0.717) is 30.0 Å². The van der Waals surface area contributed by atoms with Crippen LogP contribution in [0.1, 0.15) is 68.3 Å². The molecule has 3 aromatic rings. The molecule has 0 fully saturated rings. The molecule has 3 amide bonds. The highest BCUT2D eigenvalue weighted by molar-refractivity contribution is 5.76. The van der Waals surface area contributed by atoms with E-state index in [0.717, 1.165) is 24.0 Å². The predicted octanol–water partition coefficient (Wildman–Crippen LogP) is 6.19. The maximum absolute atomic E-state index is 13.5. The third kappa shape index (κ3) is 9.13. The number of urea groups is 1. The number of unbranched alkanes of at least 4 members (excludes halogenated alkanes) is 1. The van der Waals surface area contributed by atoms with Crippen molar-refractivity contribution in [1.82, 2.24) is 15.5 Å². The summed E-state index contributed by atoms with van der Waals surface area (Å²) in [5.41, 5.74) is 2.52. The van der Waals surface area contributed by atoms with Crippen molar-refractivity contribution in [1.29, 1.82) is 0 Å². The van der Waals surface area contributed by atoms with Gasteiger partial charge in [-0.1, -0.05) is 86.5 Å². The van der Waals surface area contributed by atoms with E-state index in [2.05, 4.69) is 10.6 Å². The molecule has 0 bridgehead atoms. The molecular weight excluding hydrogens is 550 g/mol. The number of ether oxygens (including phenoxy) is 3. The Morgan fingerprint density at radius 3 is 2.33 bits per heavy atom. The van der Waals surface area contributed by atoms with Crippen LogP contribution < -0.4 is 20.1 Å². The van der Waals surface area contributed by atoms with Crippen LogP contribution in [0.5, 0.6) is 11.5 Å². The average Bonchev–Trinajstić information content (AvgIpc) is 3.49. The number of hydrogen-bond donors (Lipinski definition) is 3. The molecule has 10 nitrogen and oxygen atoms in total. The molecule has 0 aromatic heterocycles. The second kappa shape index (κ2) is 15.5. The van der Waals surface area contributed by atoms with Crippen LogP contribution in [0, 0.1) is 0 Å². The third-order valence-corrected chi connectivity index (χ3v) is 7.31. The summed E-state index contributed by atoms with van der Waals surface area (Å²) in [4.78, 5) is 39.9. The standard InChI is InChI=1S/C33H39N3O7/c1-3-4-15-27(34-32(39)35-28(19-31(37)38)26-16-17-29-30(18-26)43-22-42-29)21-41-33(40)36(20-24-11-7-5-8-12-24)23(2)25-13-9-6-10-14-25/h5-14,16-18,23,27-28H,3-4,15,19-22H2,1-2H3,(H,37,38)(H2,34,35,39)/t23?,27-,28-/m0/s1. The maximum atomic E-state index is 13.5. The van der Waals surface area contributed by atoms with Gasteiger partial charge in [-0.2, -0.15) is 0 Å². The van der Waals surface area contributed by atoms with E-state index in [4.69, 9.17) is 14.2 Å². The van der Waals surface area contributed by atoms with Crippen molar-refractivity contribution in [2.75, 3.05) is 13.4 Å². The van der Waals surface area contributed by atoms with Gasteiger partial charge in [0.1, 0.15) is 6.61 Å². The van der Waals surface area contributed by atoms with E-state index in [9.17, 15) is 19.5 Å². The number of carboxylic acids is 1. The molecule has 0 radical (unpaired) electrons. The minimum Gasteiger partial charge on any atom is -0.481 e. The van der Waals surface area contributed by atoms with Crippen LogP contribution in [0.3, 0.4) is 0 Å². The molecule has 228 valence electrons. The number of hydrogen-bond acceptors (Lipinski definition) is 6. The van der Waals surface area contributed by atoms with Gasteiger partial charge >= 0.3 is 18.1 Å². The molecule has 0 saturated carbocycles. The Kier molecular flexibility index (Phi) is 11.2. The van der Waals surface area contributed by atoms with Gasteiger partial charge in [-0.25, -0.2) is 9.59 Å². The Bertz CT molecular complexity index is 1350. The van der Waals surface area contributed by atoms with E-state index in [1.807, 2.05) is 74.5 Å². The molecule has 0 saturated heterocycles. The Labute approximate surface area is 251 Å². The molecule has 0 aliphatic carbocycles. The zero-order valence-corrected chi connectivity index (χ0v) is 24.5. The fraction of sp³-hybridized carbons (Fsp3) is 0.364. The van der Waals surface area contributed by atoms with E-state index in [-0.39, 0.29) is 25.9 Å². The number of amides is 3. The Balaban J connectivity index is 1.43. The zero-order valence-electron chi connectivity index (χ0n) is 24.5. The molecule has 1 heterocycles. The molecule has 0 spiro atoms. The van der Waals surface area contributed by atoms with E-state index >= 15 is 0 Å². The first-order valence-electron chi connectivity index (χ1n) is 14.5. The van der Waals surface area contributed by atoms with Crippen molar-refractivity contribution in [3.63, 3.8) is 0 Å². The summed E-state index contributed by atoms with van der Waals surface area (Å²) in [5, 5.41) is 15.1. The lowest BCUT2D eigenvalue weighted by Crippen LogP contribution is -2.46. The molecule has 1 unspecified atom stereocenters. The fourth-order valence-corrected chi connectivity index (χ4v) is 4.90. The van der Waals surface area contributed by atoms with E-state index in [1.54, 1.807) is 23.1 Å². The van der Waals surface area contributed by atoms with Crippen LogP contribution in [-0.2, 0) is 16.1 Å². The highest BCUT2D eigenvalue weighted by Gasteiger charge is 2.26. The Morgan fingerprint density at radius 1 is 0.930 bits per heavy atom. The zero-order chi connectivity index (χ0) is 30.6. The topological polar surface area (TPSA) is 126 Å². The lowest BCUT2D eigenvalue weighted by Gasteiger charge is -2.30. The summed E-state index contributed by atoms with van der Waals surface area (Å²) in [6, 6.07) is 22.4. The van der Waals surface area contributed by atoms with Gasteiger partial charge < -0.3 is 30.0 Å². The average molecular weight is 590 g/mol. The summed E-state index contributed by atoms with van der Waals surface area (Å²) in [7, 11) is 0. The van der Waals surface area contributed by atoms with Crippen molar-refractivity contribution in [2.24, 2.45) is 0 Å². The lowest BCUT2D eigenvalue weighted by atomic mass is 10.0. The summed E-state index contributed by atoms with van der Waals surface area (Å²) in [6.07, 6.45) is 1.45. The quantitative estimate of drug-likeness (QED) is 0.205. The van der Waals surface area contributed by atoms with Gasteiger partial charge in [0.25, 0.3) is 0 Å². The Hall–Kier alpha value is -4.73. The molecule has 43 heavy (non-hydrogen) atoms. The highest BCUT2D eigenvalue weighted by Crippen LogP contribution is 2.35. The molecule has 3 atom stereocenters. The Morgan fingerprint density at radius 2 is 1.63 bits per heavy atom. The van der Waals surface area contributed by atoms with Crippen LogP contribution >= 0.6 is 0 Å². The second-order valence-corrected chi connectivity index (χ2v) is 10.5. The smallest absolute Gasteiger partial charge is 0.410 e. The number of carboxylic acid groups (broad SMARTS) is 1. The SMILES string of the molecule is CCCC[C@@H](COC(=O)N(Cc1ccccc1)C(C)c1ccccc1)NC(=O)N[C@@H](CC(=O)O)c1ccc2c(c1)OCO2. The minimum absolute atomic E-state index is 0.0350. The highest BCUT2D eigenvalue weighted by atomic mass is 16.7. The third-order valence-electron chi connectivity index (χ3n) is 7.31. The van der Waals surface area contributed by atoms with Gasteiger partial charge in [0, 0.05) is 6.54 Å². The maximum Gasteiger partial charge on any atom is 0.410 e. The van der Waals surface area contributed by atoms with Crippen LogP contribution in [0.4, 0.5) is 9.59 Å². The number of benzene rings is 3. The van der Waals surface area contributed by atoms with Crippen molar-refractivity contribution < 1.29 is 33.7 Å². The number of carbonyl (C=O) groups excluding carboxylic acids is 2. The first-order chi connectivity index (χ1) is 20.8. The fourth-order valence-electron chi connectivity index (χ4n) is 4.90. The number of nitrogens with zero attached hydrogens (tertiary/aromatic N) is 1. The predicted molar refractivity (Wildman–Crippen MR) is 161 cm³/mol. The molecule has 1 aliphatic heterocycles. The van der Waals surface area contributed by atoms with Gasteiger partial charge in [0.15, 0.2) is 11.5 Å². The molecular formula is C33H39N3O7. The normalized spacial score (nSPS) is 13.8. The first kappa shape index (κ1) is 31.2.